The first-order valence-electron chi connectivity index (χ1n) is 18.0. The van der Waals surface area contributed by atoms with E-state index >= 15 is 0 Å². The summed E-state index contributed by atoms with van der Waals surface area (Å²) in [6, 6.07) is 68.1. The molecule has 0 fully saturated rings. The minimum Gasteiger partial charge on any atom is -0.456 e. The van der Waals surface area contributed by atoms with Gasteiger partial charge in [0.2, 0.25) is 0 Å². The van der Waals surface area contributed by atoms with Crippen LogP contribution in [-0.4, -0.2) is 0 Å². The third-order valence-electron chi connectivity index (χ3n) is 10.6. The predicted octanol–water partition coefficient (Wildman–Crippen LogP) is 15.1. The van der Waals surface area contributed by atoms with E-state index < -0.39 is 0 Å². The topological polar surface area (TPSA) is 16.4 Å². The molecule has 0 unspecified atom stereocenters. The zero-order valence-electron chi connectivity index (χ0n) is 28.7. The van der Waals surface area contributed by atoms with E-state index in [-0.39, 0.29) is 0 Å². The van der Waals surface area contributed by atoms with Crippen molar-refractivity contribution < 1.29 is 4.42 Å². The summed E-state index contributed by atoms with van der Waals surface area (Å²) < 4.78 is 8.98. The molecule has 0 saturated heterocycles. The van der Waals surface area contributed by atoms with Crippen LogP contribution in [0, 0.1) is 0 Å². The van der Waals surface area contributed by atoms with Crippen LogP contribution in [0.1, 0.15) is 0 Å². The van der Waals surface area contributed by atoms with Crippen molar-refractivity contribution in [1.29, 1.82) is 0 Å². The molecule has 0 N–H and O–H groups in total. The molecule has 0 saturated carbocycles. The molecule has 0 aliphatic rings. The SMILES string of the molecule is c1cc(-c2cccc3ccccc23)cc(N(c2ccccc2-c2ccc3oc4cc5ccccc5cc4c3c2)c2cccc3c2sc2ccccc23)c1. The highest BCUT2D eigenvalue weighted by Gasteiger charge is 2.22. The standard InChI is InChI=1S/C50H31NOS/c1-2-14-34-31-48-44(29-33(34)13-1)43-30-36(26-27-47(43)52-48)40-19-5-7-23-45(40)51(46-24-11-22-42-41-20-6-8-25-49(41)53-50(42)46)37-17-9-16-35(28-37)39-21-10-15-32-12-3-4-18-38(32)39/h1-31H. The number of hydrogen-bond acceptors (Lipinski definition) is 3. The second-order valence-electron chi connectivity index (χ2n) is 13.7. The minimum atomic E-state index is 0.895. The Morgan fingerprint density at radius 3 is 1.94 bits per heavy atom. The van der Waals surface area contributed by atoms with Crippen LogP contribution in [0.4, 0.5) is 17.1 Å². The maximum atomic E-state index is 6.42. The second-order valence-corrected chi connectivity index (χ2v) is 14.7. The molecule has 2 nitrogen and oxygen atoms in total. The van der Waals surface area contributed by atoms with Gasteiger partial charge in [-0.1, -0.05) is 133 Å². The molecule has 53 heavy (non-hydrogen) atoms. The van der Waals surface area contributed by atoms with Gasteiger partial charge in [0.05, 0.1) is 16.1 Å². The van der Waals surface area contributed by atoms with Gasteiger partial charge in [-0.15, -0.1) is 11.3 Å². The fourth-order valence-electron chi connectivity index (χ4n) is 8.15. The molecular formula is C50H31NOS. The fraction of sp³-hybridized carbons (Fsp3) is 0. The van der Waals surface area contributed by atoms with E-state index in [4.69, 9.17) is 4.42 Å². The molecule has 11 aromatic rings. The molecular weight excluding hydrogens is 663 g/mol. The van der Waals surface area contributed by atoms with Crippen LogP contribution in [0.25, 0.3) is 85.9 Å². The number of para-hydroxylation sites is 1. The summed E-state index contributed by atoms with van der Waals surface area (Å²) in [5.41, 5.74) is 9.89. The molecule has 0 radical (unpaired) electrons. The molecule has 0 aliphatic heterocycles. The van der Waals surface area contributed by atoms with Crippen molar-refractivity contribution in [2.45, 2.75) is 0 Å². The van der Waals surface area contributed by atoms with Gasteiger partial charge in [-0.05, 0) is 92.8 Å². The Bertz CT molecular complexity index is 3200. The Labute approximate surface area is 310 Å². The van der Waals surface area contributed by atoms with Crippen LogP contribution in [0.5, 0.6) is 0 Å². The van der Waals surface area contributed by atoms with Gasteiger partial charge >= 0.3 is 0 Å². The summed E-state index contributed by atoms with van der Waals surface area (Å²) in [7, 11) is 0. The van der Waals surface area contributed by atoms with Crippen molar-refractivity contribution in [1.82, 2.24) is 0 Å². The highest BCUT2D eigenvalue weighted by atomic mass is 32.1. The van der Waals surface area contributed by atoms with Crippen LogP contribution < -0.4 is 4.90 Å². The number of nitrogens with zero attached hydrogens (tertiary/aromatic N) is 1. The second kappa shape index (κ2) is 11.9. The van der Waals surface area contributed by atoms with Gasteiger partial charge in [0.1, 0.15) is 11.2 Å². The summed E-state index contributed by atoms with van der Waals surface area (Å²) in [6.45, 7) is 0. The normalized spacial score (nSPS) is 11.8. The summed E-state index contributed by atoms with van der Waals surface area (Å²) in [4.78, 5) is 2.47. The first-order valence-corrected chi connectivity index (χ1v) is 18.8. The number of hydrogen-bond donors (Lipinski definition) is 0. The van der Waals surface area contributed by atoms with Crippen molar-refractivity contribution in [3.8, 4) is 22.3 Å². The van der Waals surface area contributed by atoms with E-state index in [0.717, 1.165) is 50.1 Å². The fourth-order valence-corrected chi connectivity index (χ4v) is 9.35. The lowest BCUT2D eigenvalue weighted by atomic mass is 9.97. The Hall–Kier alpha value is -6.68. The maximum absolute atomic E-state index is 6.42. The minimum absolute atomic E-state index is 0.895. The number of anilines is 3. The first-order chi connectivity index (χ1) is 26.3. The van der Waals surface area contributed by atoms with Gasteiger partial charge in [0.15, 0.2) is 0 Å². The van der Waals surface area contributed by atoms with Crippen molar-refractivity contribution in [3.63, 3.8) is 0 Å². The smallest absolute Gasteiger partial charge is 0.136 e. The van der Waals surface area contributed by atoms with Crippen LogP contribution in [-0.2, 0) is 0 Å². The van der Waals surface area contributed by atoms with Gasteiger partial charge in [-0.3, -0.25) is 0 Å². The summed E-state index contributed by atoms with van der Waals surface area (Å²) in [5, 5.41) is 9.69. The molecule has 9 aromatic carbocycles. The molecule has 3 heteroatoms. The maximum Gasteiger partial charge on any atom is 0.136 e. The van der Waals surface area contributed by atoms with Crippen LogP contribution in [0.2, 0.25) is 0 Å². The zero-order chi connectivity index (χ0) is 34.9. The Balaban J connectivity index is 1.15. The molecule has 0 spiro atoms. The van der Waals surface area contributed by atoms with Crippen molar-refractivity contribution in [3.05, 3.63) is 188 Å². The van der Waals surface area contributed by atoms with E-state index in [1.807, 2.05) is 11.3 Å². The average Bonchev–Trinajstić information content (AvgIpc) is 3.78. The molecule has 0 bridgehead atoms. The monoisotopic (exact) mass is 693 g/mol. The van der Waals surface area contributed by atoms with E-state index in [1.165, 1.54) is 52.8 Å². The van der Waals surface area contributed by atoms with E-state index in [1.54, 1.807) is 0 Å². The highest BCUT2D eigenvalue weighted by molar-refractivity contribution is 7.26. The Kier molecular flexibility index (Phi) is 6.76. The third-order valence-corrected chi connectivity index (χ3v) is 11.8. The zero-order valence-corrected chi connectivity index (χ0v) is 29.5. The van der Waals surface area contributed by atoms with Crippen LogP contribution in [0.15, 0.2) is 192 Å². The van der Waals surface area contributed by atoms with Crippen molar-refractivity contribution in [2.24, 2.45) is 0 Å². The van der Waals surface area contributed by atoms with Crippen LogP contribution in [0.3, 0.4) is 0 Å². The molecule has 248 valence electrons. The van der Waals surface area contributed by atoms with Gasteiger partial charge in [0.25, 0.3) is 0 Å². The van der Waals surface area contributed by atoms with Crippen molar-refractivity contribution >= 4 is 92.1 Å². The molecule has 11 rings (SSSR count). The highest BCUT2D eigenvalue weighted by Crippen LogP contribution is 2.48. The van der Waals surface area contributed by atoms with Crippen LogP contribution >= 0.6 is 11.3 Å². The molecule has 0 atom stereocenters. The molecule has 2 heterocycles. The molecule has 0 aliphatic carbocycles. The third kappa shape index (κ3) is 4.86. The Morgan fingerprint density at radius 1 is 0.377 bits per heavy atom. The molecule has 2 aromatic heterocycles. The predicted molar refractivity (Wildman–Crippen MR) is 227 cm³/mol. The first kappa shape index (κ1) is 30.0. The number of thiophene rings is 1. The van der Waals surface area contributed by atoms with Crippen molar-refractivity contribution in [2.75, 3.05) is 4.90 Å². The lowest BCUT2D eigenvalue weighted by Crippen LogP contribution is -2.11. The average molecular weight is 694 g/mol. The van der Waals surface area contributed by atoms with Gasteiger partial charge in [-0.2, -0.15) is 0 Å². The number of furan rings is 1. The summed E-state index contributed by atoms with van der Waals surface area (Å²) in [5.74, 6) is 0. The van der Waals surface area contributed by atoms with E-state index in [9.17, 15) is 0 Å². The number of rotatable bonds is 5. The molecule has 0 amide bonds. The van der Waals surface area contributed by atoms with E-state index in [0.29, 0.717) is 0 Å². The quantitative estimate of drug-likeness (QED) is 0.178. The summed E-state index contributed by atoms with van der Waals surface area (Å²) in [6.07, 6.45) is 0. The Morgan fingerprint density at radius 2 is 1.02 bits per heavy atom. The van der Waals surface area contributed by atoms with Gasteiger partial charge in [-0.25, -0.2) is 0 Å². The van der Waals surface area contributed by atoms with E-state index in [2.05, 4.69) is 193 Å². The largest absolute Gasteiger partial charge is 0.456 e. The lowest BCUT2D eigenvalue weighted by Gasteiger charge is -2.29. The van der Waals surface area contributed by atoms with Gasteiger partial charge in [0, 0.05) is 37.5 Å². The summed E-state index contributed by atoms with van der Waals surface area (Å²) >= 11 is 1.86. The number of fused-ring (bicyclic) bond motifs is 8. The van der Waals surface area contributed by atoms with Gasteiger partial charge < -0.3 is 9.32 Å². The number of benzene rings is 9. The lowest BCUT2D eigenvalue weighted by molar-refractivity contribution is 0.669.